The van der Waals surface area contributed by atoms with Gasteiger partial charge in [-0.25, -0.2) is 14.5 Å². The Bertz CT molecular complexity index is 1180. The summed E-state index contributed by atoms with van der Waals surface area (Å²) >= 11 is 5.60. The molecule has 0 aliphatic rings. The molecule has 3 aromatic rings. The van der Waals surface area contributed by atoms with Gasteiger partial charge < -0.3 is 10.4 Å². The van der Waals surface area contributed by atoms with E-state index in [2.05, 4.69) is 15.4 Å². The number of carbonyl (C=O) groups excluding carboxylic acids is 2. The van der Waals surface area contributed by atoms with Crippen molar-refractivity contribution in [2.75, 3.05) is 10.6 Å². The van der Waals surface area contributed by atoms with Gasteiger partial charge in [0.2, 0.25) is 5.91 Å². The van der Waals surface area contributed by atoms with Crippen LogP contribution in [0.15, 0.2) is 49.1 Å². The molecule has 0 aliphatic carbocycles. The van der Waals surface area contributed by atoms with Crippen molar-refractivity contribution in [3.05, 3.63) is 65.2 Å². The van der Waals surface area contributed by atoms with Crippen LogP contribution in [0.5, 0.6) is 0 Å². The molecular weight excluding hydrogens is 455 g/mol. The first-order chi connectivity index (χ1) is 15.0. The quantitative estimate of drug-likeness (QED) is 0.367. The summed E-state index contributed by atoms with van der Waals surface area (Å²) in [5.41, 5.74) is -1.50. The van der Waals surface area contributed by atoms with Gasteiger partial charge in [-0.15, -0.1) is 0 Å². The molecule has 32 heavy (non-hydrogen) atoms. The van der Waals surface area contributed by atoms with Crippen molar-refractivity contribution in [1.29, 1.82) is 0 Å². The summed E-state index contributed by atoms with van der Waals surface area (Å²) in [5, 5.41) is 16.0. The van der Waals surface area contributed by atoms with Gasteiger partial charge >= 0.3 is 12.3 Å². The number of nitrogens with one attached hydrogen (secondary N) is 2. The third-order valence-electron chi connectivity index (χ3n) is 4.10. The fraction of sp³-hybridized carbons (Fsp3) is 0.105. The maximum atomic E-state index is 13.1. The molecule has 2 aromatic carbocycles. The lowest BCUT2D eigenvalue weighted by atomic mass is 10.1. The molecule has 0 spiro atoms. The summed E-state index contributed by atoms with van der Waals surface area (Å²) < 4.78 is 40.8. The summed E-state index contributed by atoms with van der Waals surface area (Å²) in [6.07, 6.45) is -4.44. The minimum absolute atomic E-state index is 0.157. The number of hydrogen-bond donors (Lipinski definition) is 3. The molecule has 3 rings (SSSR count). The van der Waals surface area contributed by atoms with Gasteiger partial charge in [-0.2, -0.15) is 18.3 Å². The maximum Gasteiger partial charge on any atom is 0.417 e. The van der Waals surface area contributed by atoms with Crippen molar-refractivity contribution in [3.63, 3.8) is 0 Å². The Morgan fingerprint density at radius 2 is 1.81 bits per heavy atom. The third-order valence-corrected chi connectivity index (χ3v) is 4.41. The Kier molecular flexibility index (Phi) is 6.44. The standard InChI is InChI=1S/C19H13ClF3N5O4/c20-13-6-15(27-18(31)32)14(5-12(13)19(21,22)23)26-17(30)7-16(29)10-2-1-3-11(4-10)28-9-24-8-25-28/h1-6,8-9,27H,7H2,(H,26,30)(H,31,32). The van der Waals surface area contributed by atoms with E-state index in [1.54, 1.807) is 12.1 Å². The number of benzene rings is 2. The zero-order valence-electron chi connectivity index (χ0n) is 15.9. The predicted molar refractivity (Wildman–Crippen MR) is 107 cm³/mol. The van der Waals surface area contributed by atoms with Crippen LogP contribution in [0.2, 0.25) is 5.02 Å². The summed E-state index contributed by atoms with van der Waals surface area (Å²) in [7, 11) is 0. The first-order valence-corrected chi connectivity index (χ1v) is 9.11. The molecule has 0 radical (unpaired) electrons. The Labute approximate surface area is 182 Å². The number of rotatable bonds is 6. The van der Waals surface area contributed by atoms with Crippen molar-refractivity contribution >= 4 is 40.8 Å². The Hall–Kier alpha value is -3.93. The smallest absolute Gasteiger partial charge is 0.417 e. The number of carbonyl (C=O) groups is 3. The zero-order valence-corrected chi connectivity index (χ0v) is 16.6. The first kappa shape index (κ1) is 22.7. The highest BCUT2D eigenvalue weighted by Gasteiger charge is 2.34. The minimum atomic E-state index is -4.85. The number of hydrogen-bond acceptors (Lipinski definition) is 5. The normalized spacial score (nSPS) is 11.1. The summed E-state index contributed by atoms with van der Waals surface area (Å²) in [6.45, 7) is 0. The van der Waals surface area contributed by atoms with Crippen LogP contribution in [0.4, 0.5) is 29.3 Å². The number of alkyl halides is 3. The van der Waals surface area contributed by atoms with Crippen LogP contribution in [0.3, 0.4) is 0 Å². The fourth-order valence-corrected chi connectivity index (χ4v) is 2.99. The topological polar surface area (TPSA) is 126 Å². The highest BCUT2D eigenvalue weighted by Crippen LogP contribution is 2.39. The van der Waals surface area contributed by atoms with Crippen molar-refractivity contribution in [2.24, 2.45) is 0 Å². The van der Waals surface area contributed by atoms with Gasteiger partial charge in [0, 0.05) is 5.56 Å². The van der Waals surface area contributed by atoms with Crippen molar-refractivity contribution in [2.45, 2.75) is 12.6 Å². The molecule has 0 atom stereocenters. The molecular formula is C19H13ClF3N5O4. The first-order valence-electron chi connectivity index (χ1n) is 8.73. The molecule has 0 bridgehead atoms. The van der Waals surface area contributed by atoms with E-state index in [0.717, 1.165) is 6.07 Å². The van der Waals surface area contributed by atoms with Gasteiger partial charge in [0.25, 0.3) is 0 Å². The monoisotopic (exact) mass is 467 g/mol. The molecule has 0 unspecified atom stereocenters. The highest BCUT2D eigenvalue weighted by atomic mass is 35.5. The molecule has 2 amide bonds. The molecule has 1 aromatic heterocycles. The van der Waals surface area contributed by atoms with Crippen molar-refractivity contribution in [1.82, 2.24) is 14.8 Å². The predicted octanol–water partition coefficient (Wildman–Crippen LogP) is 4.24. The van der Waals surface area contributed by atoms with Gasteiger partial charge in [0.05, 0.1) is 34.1 Å². The number of ketones is 1. The average Bonchev–Trinajstić information content (AvgIpc) is 3.23. The number of halogens is 4. The number of aromatic nitrogens is 3. The second-order valence-corrected chi connectivity index (χ2v) is 6.75. The summed E-state index contributed by atoms with van der Waals surface area (Å²) in [4.78, 5) is 39.6. The molecule has 0 fully saturated rings. The molecule has 1 heterocycles. The number of nitrogens with zero attached hydrogens (tertiary/aromatic N) is 3. The summed E-state index contributed by atoms with van der Waals surface area (Å²) in [6, 6.07) is 7.34. The van der Waals surface area contributed by atoms with E-state index in [0.29, 0.717) is 11.8 Å². The Morgan fingerprint density at radius 1 is 1.09 bits per heavy atom. The van der Waals surface area contributed by atoms with Gasteiger partial charge in [0.1, 0.15) is 12.7 Å². The van der Waals surface area contributed by atoms with Crippen LogP contribution in [-0.2, 0) is 11.0 Å². The van der Waals surface area contributed by atoms with Gasteiger partial charge in [0.15, 0.2) is 5.78 Å². The Balaban J connectivity index is 1.81. The molecule has 9 nitrogen and oxygen atoms in total. The average molecular weight is 468 g/mol. The Morgan fingerprint density at radius 3 is 2.44 bits per heavy atom. The summed E-state index contributed by atoms with van der Waals surface area (Å²) in [5.74, 6) is -1.58. The molecule has 13 heteroatoms. The second kappa shape index (κ2) is 9.06. The molecule has 0 saturated carbocycles. The van der Waals surface area contributed by atoms with E-state index in [9.17, 15) is 27.6 Å². The van der Waals surface area contributed by atoms with Gasteiger partial charge in [-0.1, -0.05) is 23.7 Å². The number of anilines is 2. The van der Waals surface area contributed by atoms with E-state index in [4.69, 9.17) is 16.7 Å². The van der Waals surface area contributed by atoms with Crippen LogP contribution in [0.1, 0.15) is 22.3 Å². The van der Waals surface area contributed by atoms with E-state index in [1.807, 2.05) is 5.32 Å². The van der Waals surface area contributed by atoms with E-state index in [-0.39, 0.29) is 11.3 Å². The zero-order chi connectivity index (χ0) is 23.5. The van der Waals surface area contributed by atoms with Crippen LogP contribution >= 0.6 is 11.6 Å². The third kappa shape index (κ3) is 5.40. The number of carboxylic acid groups (broad SMARTS) is 1. The van der Waals surface area contributed by atoms with Crippen LogP contribution in [0.25, 0.3) is 5.69 Å². The lowest BCUT2D eigenvalue weighted by Gasteiger charge is -2.16. The number of amides is 2. The SMILES string of the molecule is O=C(O)Nc1cc(Cl)c(C(F)(F)F)cc1NC(=O)CC(=O)c1cccc(-n2cncn2)c1. The van der Waals surface area contributed by atoms with Gasteiger partial charge in [-0.3, -0.25) is 14.9 Å². The molecule has 0 saturated heterocycles. The molecule has 0 aliphatic heterocycles. The van der Waals surface area contributed by atoms with Gasteiger partial charge in [-0.05, 0) is 24.3 Å². The molecule has 166 valence electrons. The van der Waals surface area contributed by atoms with Crippen molar-refractivity contribution in [3.8, 4) is 5.69 Å². The van der Waals surface area contributed by atoms with Crippen LogP contribution in [-0.4, -0.2) is 37.7 Å². The molecule has 3 N–H and O–H groups in total. The van der Waals surface area contributed by atoms with Crippen molar-refractivity contribution < 1.29 is 32.7 Å². The van der Waals surface area contributed by atoms with E-state index < -0.39 is 46.7 Å². The fourth-order valence-electron chi connectivity index (χ4n) is 2.72. The largest absolute Gasteiger partial charge is 0.465 e. The van der Waals surface area contributed by atoms with Crippen LogP contribution in [0, 0.1) is 0 Å². The lowest BCUT2D eigenvalue weighted by Crippen LogP contribution is -2.19. The minimum Gasteiger partial charge on any atom is -0.465 e. The second-order valence-electron chi connectivity index (χ2n) is 6.34. The van der Waals surface area contributed by atoms with E-state index in [1.165, 1.54) is 29.5 Å². The highest BCUT2D eigenvalue weighted by molar-refractivity contribution is 6.32. The maximum absolute atomic E-state index is 13.1. The van der Waals surface area contributed by atoms with Crippen LogP contribution < -0.4 is 10.6 Å². The van der Waals surface area contributed by atoms with E-state index >= 15 is 0 Å². The number of Topliss-reactive ketones (excluding diaryl/α,β-unsaturated/α-hetero) is 1. The lowest BCUT2D eigenvalue weighted by molar-refractivity contribution is -0.137.